The van der Waals surface area contributed by atoms with E-state index >= 15 is 0 Å². The average Bonchev–Trinajstić information content (AvgIpc) is 3.80. The zero-order valence-corrected chi connectivity index (χ0v) is 27.7. The number of esters is 1. The first-order valence-corrected chi connectivity index (χ1v) is 18.2. The summed E-state index contributed by atoms with van der Waals surface area (Å²) in [4.78, 5) is 16.6. The van der Waals surface area contributed by atoms with E-state index in [1.54, 1.807) is 36.4 Å². The van der Waals surface area contributed by atoms with Gasteiger partial charge in [0.15, 0.2) is 15.4 Å². The van der Waals surface area contributed by atoms with Crippen LogP contribution in [0, 0.1) is 0 Å². The second-order valence-electron chi connectivity index (χ2n) is 13.4. The summed E-state index contributed by atoms with van der Waals surface area (Å²) in [5, 5.41) is -0.846. The summed E-state index contributed by atoms with van der Waals surface area (Å²) >= 11 is 0. The number of nitrogens with zero attached hydrogens (tertiary/aromatic N) is 1. The first kappa shape index (κ1) is 32.6. The molecular formula is C39H34F3NO6S. The maximum Gasteiger partial charge on any atom is 0.573 e. The highest BCUT2D eigenvalue weighted by molar-refractivity contribution is 7.92. The summed E-state index contributed by atoms with van der Waals surface area (Å²) in [7, 11) is -3.87. The number of ether oxygens (including phenoxy) is 3. The summed E-state index contributed by atoms with van der Waals surface area (Å²) < 4.78 is 85.9. The maximum atomic E-state index is 14.5. The van der Waals surface area contributed by atoms with Gasteiger partial charge in [-0.15, -0.1) is 13.2 Å². The van der Waals surface area contributed by atoms with Gasteiger partial charge >= 0.3 is 12.3 Å². The number of carbonyl (C=O) groups is 1. The van der Waals surface area contributed by atoms with Crippen molar-refractivity contribution in [3.63, 3.8) is 0 Å². The van der Waals surface area contributed by atoms with E-state index in [0.717, 1.165) is 30.0 Å². The van der Waals surface area contributed by atoms with E-state index in [-0.39, 0.29) is 34.3 Å². The molecule has 50 heavy (non-hydrogen) atoms. The van der Waals surface area contributed by atoms with Crippen LogP contribution in [0.2, 0.25) is 0 Å². The topological polar surface area (TPSA) is 82.1 Å². The smallest absolute Gasteiger partial charge is 0.490 e. The van der Waals surface area contributed by atoms with Gasteiger partial charge in [-0.25, -0.2) is 13.2 Å². The lowest BCUT2D eigenvalue weighted by Crippen LogP contribution is -2.63. The van der Waals surface area contributed by atoms with Crippen LogP contribution in [0.15, 0.2) is 120 Å². The van der Waals surface area contributed by atoms with E-state index in [1.807, 2.05) is 60.7 Å². The summed E-state index contributed by atoms with van der Waals surface area (Å²) in [6, 6.07) is 30.9. The third kappa shape index (κ3) is 5.56. The van der Waals surface area contributed by atoms with Gasteiger partial charge in [0.05, 0.1) is 27.4 Å². The highest BCUT2D eigenvalue weighted by atomic mass is 32.2. The molecular weight excluding hydrogens is 667 g/mol. The van der Waals surface area contributed by atoms with Gasteiger partial charge in [0.25, 0.3) is 0 Å². The van der Waals surface area contributed by atoms with E-state index in [0.29, 0.717) is 19.4 Å². The molecule has 3 heterocycles. The van der Waals surface area contributed by atoms with Gasteiger partial charge in [0.2, 0.25) is 0 Å². The Kier molecular flexibility index (Phi) is 7.83. The highest BCUT2D eigenvalue weighted by Gasteiger charge is 2.70. The molecule has 3 fully saturated rings. The molecule has 0 aromatic heterocycles. The Bertz CT molecular complexity index is 2050. The van der Waals surface area contributed by atoms with Crippen LogP contribution in [0.4, 0.5) is 13.2 Å². The molecule has 11 heteroatoms. The SMILES string of the molecule is O=C1O[C@@]2(C=C1c1cc(OC(F)(F)F)ccc1OC1CC1)CC[C@H]1[C@H](S(=O)(=O)c3ccccc3)C[C@]2(c2ccccc2)N1Cc1ccccc1. The zero-order chi connectivity index (χ0) is 34.7. The highest BCUT2D eigenvalue weighted by Crippen LogP contribution is 2.62. The second-order valence-corrected chi connectivity index (χ2v) is 15.6. The molecule has 4 aromatic carbocycles. The van der Waals surface area contributed by atoms with Crippen LogP contribution in [-0.4, -0.2) is 48.6 Å². The normalized spacial score (nSPS) is 26.5. The fourth-order valence-corrected chi connectivity index (χ4v) is 10.2. The number of rotatable bonds is 9. The minimum absolute atomic E-state index is 0.0519. The van der Waals surface area contributed by atoms with Crippen LogP contribution in [0.1, 0.15) is 48.8 Å². The fraction of sp³-hybridized carbons (Fsp3) is 0.308. The van der Waals surface area contributed by atoms with E-state index in [9.17, 15) is 26.4 Å². The van der Waals surface area contributed by atoms with Crippen LogP contribution in [0.5, 0.6) is 11.5 Å². The number of carbonyl (C=O) groups excluding carboxylic acids is 1. The maximum absolute atomic E-state index is 14.5. The molecule has 1 aliphatic carbocycles. The number of alkyl halides is 3. The average molecular weight is 702 g/mol. The molecule has 7 nitrogen and oxygen atoms in total. The molecule has 0 radical (unpaired) electrons. The fourth-order valence-electron chi connectivity index (χ4n) is 8.17. The molecule has 4 aliphatic rings. The largest absolute Gasteiger partial charge is 0.573 e. The lowest BCUT2D eigenvalue weighted by molar-refractivity contribution is -0.274. The lowest BCUT2D eigenvalue weighted by atomic mass is 9.68. The van der Waals surface area contributed by atoms with Crippen molar-refractivity contribution in [1.29, 1.82) is 0 Å². The van der Waals surface area contributed by atoms with Gasteiger partial charge in [-0.05, 0) is 79.6 Å². The molecule has 3 aliphatic heterocycles. The predicted molar refractivity (Wildman–Crippen MR) is 179 cm³/mol. The third-order valence-electron chi connectivity index (χ3n) is 10.4. The Morgan fingerprint density at radius 2 is 1.52 bits per heavy atom. The summed E-state index contributed by atoms with van der Waals surface area (Å²) in [5.41, 5.74) is -0.610. The van der Waals surface area contributed by atoms with E-state index in [4.69, 9.17) is 9.47 Å². The Hall–Kier alpha value is -4.61. The van der Waals surface area contributed by atoms with Crippen molar-refractivity contribution in [3.05, 3.63) is 132 Å². The Balaban J connectivity index is 1.32. The number of sulfone groups is 1. The molecule has 8 rings (SSSR count). The molecule has 0 unspecified atom stereocenters. The molecule has 1 saturated carbocycles. The van der Waals surface area contributed by atoms with Gasteiger partial charge in [0.1, 0.15) is 11.5 Å². The monoisotopic (exact) mass is 701 g/mol. The Morgan fingerprint density at radius 1 is 0.860 bits per heavy atom. The Morgan fingerprint density at radius 3 is 2.18 bits per heavy atom. The van der Waals surface area contributed by atoms with Crippen molar-refractivity contribution in [2.45, 2.75) is 78.4 Å². The zero-order valence-electron chi connectivity index (χ0n) is 26.9. The van der Waals surface area contributed by atoms with Crippen molar-refractivity contribution >= 4 is 21.4 Å². The number of halogens is 3. The van der Waals surface area contributed by atoms with E-state index in [2.05, 4.69) is 9.64 Å². The van der Waals surface area contributed by atoms with E-state index < -0.39 is 50.4 Å². The van der Waals surface area contributed by atoms with Crippen molar-refractivity contribution < 1.29 is 40.6 Å². The number of fused-ring (bicyclic) bond motifs is 3. The molecule has 4 aromatic rings. The molecule has 258 valence electrons. The molecule has 4 atom stereocenters. The van der Waals surface area contributed by atoms with Crippen LogP contribution >= 0.6 is 0 Å². The quantitative estimate of drug-likeness (QED) is 0.166. The van der Waals surface area contributed by atoms with Crippen molar-refractivity contribution in [2.24, 2.45) is 0 Å². The van der Waals surface area contributed by atoms with Gasteiger partial charge in [-0.3, -0.25) is 4.90 Å². The molecule has 2 saturated heterocycles. The molecule has 1 spiro atoms. The van der Waals surface area contributed by atoms with Crippen LogP contribution < -0.4 is 9.47 Å². The summed E-state index contributed by atoms with van der Waals surface area (Å²) in [6.45, 7) is 0.370. The van der Waals surface area contributed by atoms with Crippen molar-refractivity contribution in [1.82, 2.24) is 4.90 Å². The first-order chi connectivity index (χ1) is 24.0. The summed E-state index contributed by atoms with van der Waals surface area (Å²) in [6.07, 6.45) is -0.967. The summed E-state index contributed by atoms with van der Waals surface area (Å²) in [5.74, 6) is -0.966. The second kappa shape index (κ2) is 12.0. The molecule has 0 amide bonds. The number of hydrogen-bond acceptors (Lipinski definition) is 7. The van der Waals surface area contributed by atoms with Crippen molar-refractivity contribution in [2.75, 3.05) is 0 Å². The predicted octanol–water partition coefficient (Wildman–Crippen LogP) is 7.61. The van der Waals surface area contributed by atoms with Crippen LogP contribution in [0.25, 0.3) is 5.57 Å². The number of benzene rings is 4. The third-order valence-corrected chi connectivity index (χ3v) is 12.6. The minimum Gasteiger partial charge on any atom is -0.490 e. The molecule has 0 N–H and O–H groups in total. The van der Waals surface area contributed by atoms with Crippen LogP contribution in [-0.2, 0) is 31.5 Å². The first-order valence-electron chi connectivity index (χ1n) is 16.7. The van der Waals surface area contributed by atoms with Gasteiger partial charge < -0.3 is 14.2 Å². The standard InChI is InChI=1S/C39H34F3NO6S/c40-39(41,42)48-29-18-19-34(47-28-16-17-28)31(22-29)32-23-37(49-36(32)44)21-20-33-35(50(45,46)30-14-8-3-9-15-30)24-38(37,27-12-6-2-7-13-27)43(33)25-26-10-4-1-5-11-26/h1-15,18-19,22-23,28,33,35H,16-17,20-21,24-25H2/t33-,35+,37+,38+/m0/s1. The van der Waals surface area contributed by atoms with Crippen molar-refractivity contribution in [3.8, 4) is 11.5 Å². The van der Waals surface area contributed by atoms with Gasteiger partial charge in [0, 0.05) is 18.2 Å². The van der Waals surface area contributed by atoms with Gasteiger partial charge in [-0.1, -0.05) is 78.9 Å². The van der Waals surface area contributed by atoms with Crippen LogP contribution in [0.3, 0.4) is 0 Å². The minimum atomic E-state index is -4.95. The number of piperidine rings is 1. The Labute approximate surface area is 288 Å². The lowest BCUT2D eigenvalue weighted by Gasteiger charge is -2.54. The van der Waals surface area contributed by atoms with E-state index in [1.165, 1.54) is 12.1 Å². The number of hydrogen-bond donors (Lipinski definition) is 0. The van der Waals surface area contributed by atoms with Gasteiger partial charge in [-0.2, -0.15) is 0 Å². The molecule has 2 bridgehead atoms.